The quantitative estimate of drug-likeness (QED) is 0.877. The Morgan fingerprint density at radius 2 is 1.81 bits per heavy atom. The van der Waals surface area contributed by atoms with Gasteiger partial charge in [0, 0.05) is 32.6 Å². The van der Waals surface area contributed by atoms with Gasteiger partial charge >= 0.3 is 0 Å². The van der Waals surface area contributed by atoms with E-state index in [0.29, 0.717) is 37.2 Å². The molecule has 0 unspecified atom stereocenters. The van der Waals surface area contributed by atoms with Crippen molar-refractivity contribution >= 4 is 10.0 Å². The number of nitrogens with one attached hydrogen (secondary N) is 1. The zero-order chi connectivity index (χ0) is 15.7. The topological polar surface area (TPSA) is 75.6 Å². The number of sulfonamides is 1. The van der Waals surface area contributed by atoms with Gasteiger partial charge in [-0.1, -0.05) is 0 Å². The zero-order valence-corrected chi connectivity index (χ0v) is 13.0. The predicted octanol–water partition coefficient (Wildman–Crippen LogP) is 1.26. The molecule has 0 atom stereocenters. The van der Waals surface area contributed by atoms with E-state index in [1.54, 1.807) is 13.8 Å². The summed E-state index contributed by atoms with van der Waals surface area (Å²) >= 11 is 0. The first-order valence-electron chi connectivity index (χ1n) is 6.80. The van der Waals surface area contributed by atoms with Crippen molar-refractivity contribution in [1.29, 1.82) is 0 Å². The average molecular weight is 317 g/mol. The van der Waals surface area contributed by atoms with Gasteiger partial charge in [0.25, 0.3) is 0 Å². The Bertz CT molecular complexity index is 601. The molecule has 2 rings (SSSR count). The lowest BCUT2D eigenvalue weighted by Gasteiger charge is -2.32. The maximum atomic E-state index is 13.3. The Morgan fingerprint density at radius 1 is 1.29 bits per heavy atom. The van der Waals surface area contributed by atoms with E-state index in [-0.39, 0.29) is 11.4 Å². The van der Waals surface area contributed by atoms with E-state index in [1.807, 2.05) is 0 Å². The number of aliphatic hydroxyl groups is 1. The van der Waals surface area contributed by atoms with Crippen LogP contribution in [0, 0.1) is 19.7 Å². The molecule has 1 aliphatic heterocycles. The van der Waals surface area contributed by atoms with Crippen LogP contribution in [0.3, 0.4) is 0 Å². The summed E-state index contributed by atoms with van der Waals surface area (Å²) < 4.78 is 45.6. The van der Waals surface area contributed by atoms with Crippen molar-refractivity contribution in [1.82, 2.24) is 4.72 Å². The molecular formula is C14H20FNO4S. The van der Waals surface area contributed by atoms with Gasteiger partial charge < -0.3 is 9.84 Å². The Morgan fingerprint density at radius 3 is 2.33 bits per heavy atom. The van der Waals surface area contributed by atoms with Gasteiger partial charge in [-0.25, -0.2) is 17.5 Å². The summed E-state index contributed by atoms with van der Waals surface area (Å²) in [5.41, 5.74) is -0.398. The fraction of sp³-hybridized carbons (Fsp3) is 0.571. The summed E-state index contributed by atoms with van der Waals surface area (Å²) in [6.07, 6.45) is 0.772. The molecule has 0 spiro atoms. The van der Waals surface area contributed by atoms with Crippen molar-refractivity contribution in [3.63, 3.8) is 0 Å². The second-order valence-corrected chi connectivity index (χ2v) is 7.23. The summed E-state index contributed by atoms with van der Waals surface area (Å²) in [5, 5.41) is 10.3. The van der Waals surface area contributed by atoms with Crippen molar-refractivity contribution in [2.24, 2.45) is 0 Å². The molecule has 1 aliphatic rings. The first-order valence-corrected chi connectivity index (χ1v) is 8.28. The third-order valence-corrected chi connectivity index (χ3v) is 5.41. The van der Waals surface area contributed by atoms with E-state index in [2.05, 4.69) is 4.72 Å². The van der Waals surface area contributed by atoms with E-state index in [4.69, 9.17) is 4.74 Å². The molecule has 0 amide bonds. The van der Waals surface area contributed by atoms with Crippen molar-refractivity contribution in [3.8, 4) is 0 Å². The molecule has 5 nitrogen and oxygen atoms in total. The number of aryl methyl sites for hydroxylation is 2. The first kappa shape index (κ1) is 16.4. The van der Waals surface area contributed by atoms with Gasteiger partial charge in [-0.15, -0.1) is 0 Å². The number of halogens is 1. The van der Waals surface area contributed by atoms with Gasteiger partial charge in [-0.2, -0.15) is 0 Å². The maximum absolute atomic E-state index is 13.3. The molecule has 2 N–H and O–H groups in total. The number of ether oxygens (including phenoxy) is 1. The summed E-state index contributed by atoms with van der Waals surface area (Å²) in [6, 6.07) is 2.37. The molecule has 1 saturated heterocycles. The highest BCUT2D eigenvalue weighted by atomic mass is 32.2. The molecule has 0 bridgehead atoms. The molecule has 0 aromatic heterocycles. The van der Waals surface area contributed by atoms with Crippen LogP contribution < -0.4 is 4.72 Å². The molecule has 1 aromatic carbocycles. The maximum Gasteiger partial charge on any atom is 0.241 e. The minimum atomic E-state index is -3.79. The van der Waals surface area contributed by atoms with Crippen molar-refractivity contribution in [3.05, 3.63) is 29.1 Å². The van der Waals surface area contributed by atoms with Crippen molar-refractivity contribution in [2.75, 3.05) is 19.8 Å². The number of hydrogen-bond donors (Lipinski definition) is 2. The third kappa shape index (κ3) is 3.79. The largest absolute Gasteiger partial charge is 0.388 e. The molecule has 0 aliphatic carbocycles. The number of rotatable bonds is 4. The second-order valence-electron chi connectivity index (χ2n) is 5.53. The first-order chi connectivity index (χ1) is 9.73. The van der Waals surface area contributed by atoms with Crippen LogP contribution in [-0.4, -0.2) is 38.9 Å². The average Bonchev–Trinajstić information content (AvgIpc) is 2.36. The minimum Gasteiger partial charge on any atom is -0.388 e. The Balaban J connectivity index is 2.19. The number of benzene rings is 1. The van der Waals surface area contributed by atoms with E-state index in [0.717, 1.165) is 0 Å². The van der Waals surface area contributed by atoms with Gasteiger partial charge in [0.05, 0.1) is 10.5 Å². The molecule has 1 aromatic rings. The number of hydrogen-bond acceptors (Lipinski definition) is 4. The fourth-order valence-electron chi connectivity index (χ4n) is 2.55. The monoisotopic (exact) mass is 317 g/mol. The standard InChI is InChI=1S/C14H20FNO4S/c1-10-7-12(15)8-11(2)13(10)21(18,19)16-9-14(17)3-5-20-6-4-14/h7-8,16-17H,3-6,9H2,1-2H3. The summed E-state index contributed by atoms with van der Waals surface area (Å²) in [7, 11) is -3.79. The molecule has 1 fully saturated rings. The second kappa shape index (κ2) is 6.00. The molecule has 7 heteroatoms. The molecule has 0 radical (unpaired) electrons. The highest BCUT2D eigenvalue weighted by Gasteiger charge is 2.32. The molecule has 118 valence electrons. The third-order valence-electron chi connectivity index (χ3n) is 3.71. The highest BCUT2D eigenvalue weighted by molar-refractivity contribution is 7.89. The van der Waals surface area contributed by atoms with Gasteiger partial charge in [0.15, 0.2) is 0 Å². The molecule has 21 heavy (non-hydrogen) atoms. The normalized spacial score (nSPS) is 18.7. The minimum absolute atomic E-state index is 0.0690. The molecule has 1 heterocycles. The lowest BCUT2D eigenvalue weighted by atomic mass is 9.95. The highest BCUT2D eigenvalue weighted by Crippen LogP contribution is 2.23. The lowest BCUT2D eigenvalue weighted by Crippen LogP contribution is -2.46. The van der Waals surface area contributed by atoms with Crippen molar-refractivity contribution in [2.45, 2.75) is 37.2 Å². The molecule has 0 saturated carbocycles. The summed E-state index contributed by atoms with van der Waals surface area (Å²) in [5.74, 6) is -0.466. The van der Waals surface area contributed by atoms with Gasteiger partial charge in [0.2, 0.25) is 10.0 Å². The van der Waals surface area contributed by atoms with Crippen LogP contribution in [0.2, 0.25) is 0 Å². The van der Waals surface area contributed by atoms with Crippen LogP contribution in [0.25, 0.3) is 0 Å². The van der Waals surface area contributed by atoms with Gasteiger partial charge in [-0.3, -0.25) is 0 Å². The fourth-order valence-corrected chi connectivity index (χ4v) is 4.12. The van der Waals surface area contributed by atoms with E-state index in [1.165, 1.54) is 12.1 Å². The predicted molar refractivity (Wildman–Crippen MR) is 76.1 cm³/mol. The Labute approximate surface area is 124 Å². The van der Waals surface area contributed by atoms with E-state index >= 15 is 0 Å². The van der Waals surface area contributed by atoms with E-state index < -0.39 is 21.4 Å². The van der Waals surface area contributed by atoms with Crippen LogP contribution >= 0.6 is 0 Å². The van der Waals surface area contributed by atoms with Crippen LogP contribution in [0.15, 0.2) is 17.0 Å². The van der Waals surface area contributed by atoms with Gasteiger partial charge in [0.1, 0.15) is 5.82 Å². The smallest absolute Gasteiger partial charge is 0.241 e. The summed E-state index contributed by atoms with van der Waals surface area (Å²) in [4.78, 5) is 0.0690. The van der Waals surface area contributed by atoms with Crippen LogP contribution in [0.1, 0.15) is 24.0 Å². The van der Waals surface area contributed by atoms with E-state index in [9.17, 15) is 17.9 Å². The lowest BCUT2D eigenvalue weighted by molar-refractivity contribution is -0.0588. The summed E-state index contributed by atoms with van der Waals surface area (Å²) in [6.45, 7) is 3.84. The van der Waals surface area contributed by atoms with Crippen LogP contribution in [0.5, 0.6) is 0 Å². The Kier molecular flexibility index (Phi) is 4.67. The SMILES string of the molecule is Cc1cc(F)cc(C)c1S(=O)(=O)NCC1(O)CCOCC1. The van der Waals surface area contributed by atoms with Gasteiger partial charge in [-0.05, 0) is 37.1 Å². The molecular weight excluding hydrogens is 297 g/mol. The Hall–Kier alpha value is -1.02. The zero-order valence-electron chi connectivity index (χ0n) is 12.1. The van der Waals surface area contributed by atoms with Crippen LogP contribution in [-0.2, 0) is 14.8 Å². The van der Waals surface area contributed by atoms with Crippen LogP contribution in [0.4, 0.5) is 4.39 Å². The van der Waals surface area contributed by atoms with Crippen molar-refractivity contribution < 1.29 is 22.7 Å².